The molecular formula is C37H30BrIN8O3S2. The lowest BCUT2D eigenvalue weighted by Gasteiger charge is -2.35. The molecule has 8 heterocycles. The molecule has 10 rings (SSSR count). The van der Waals surface area contributed by atoms with E-state index in [-0.39, 0.29) is 0 Å². The lowest BCUT2D eigenvalue weighted by atomic mass is 9.82. The molecule has 1 fully saturated rings. The number of hydrogen-bond acceptors (Lipinski definition) is 13. The molecule has 0 amide bonds. The van der Waals surface area contributed by atoms with Gasteiger partial charge in [-0.25, -0.2) is 20.0 Å². The second-order valence-electron chi connectivity index (χ2n) is 12.6. The van der Waals surface area contributed by atoms with E-state index in [2.05, 4.69) is 82.6 Å². The number of nitrogens with two attached hydrogens (primary N) is 2. The summed E-state index contributed by atoms with van der Waals surface area (Å²) in [5.74, 6) is 4.25. The maximum absolute atomic E-state index is 6.24. The third-order valence-corrected chi connectivity index (χ3v) is 12.6. The fourth-order valence-corrected chi connectivity index (χ4v) is 9.83. The number of aliphatic imine (C=N–C) groups is 2. The average Bonchev–Trinajstić information content (AvgIpc) is 3.76. The summed E-state index contributed by atoms with van der Waals surface area (Å²) in [4.78, 5) is 25.4. The highest BCUT2D eigenvalue weighted by Gasteiger charge is 2.48. The SMILES string of the molecule is NC1=NC2(CS1)c1cc(-c3cccnc3)ccc1Oc1ncc(N3CCOCC3)cc12.NC1=NC2(CS1)c1cc(I)ccc1Oc1ncc(Br)cc12. The van der Waals surface area contributed by atoms with Crippen molar-refractivity contribution in [3.63, 3.8) is 0 Å². The van der Waals surface area contributed by atoms with Gasteiger partial charge in [-0.15, -0.1) is 0 Å². The van der Waals surface area contributed by atoms with Crippen molar-refractivity contribution < 1.29 is 14.2 Å². The Morgan fingerprint density at radius 1 is 0.731 bits per heavy atom. The molecular weight excluding hydrogens is 875 g/mol. The quantitative estimate of drug-likeness (QED) is 0.173. The Balaban J connectivity index is 0.000000149. The van der Waals surface area contributed by atoms with Gasteiger partial charge in [0.05, 0.1) is 25.1 Å². The van der Waals surface area contributed by atoms with E-state index in [4.69, 9.17) is 35.7 Å². The van der Waals surface area contributed by atoms with E-state index in [1.165, 1.54) is 0 Å². The van der Waals surface area contributed by atoms with Crippen molar-refractivity contribution in [3.05, 3.63) is 116 Å². The number of fused-ring (bicyclic) bond motifs is 8. The number of pyridine rings is 3. The maximum Gasteiger partial charge on any atom is 0.225 e. The Morgan fingerprint density at radius 2 is 1.38 bits per heavy atom. The number of morpholine rings is 1. The Hall–Kier alpha value is -3.90. The van der Waals surface area contributed by atoms with Gasteiger partial charge in [-0.2, -0.15) is 0 Å². The molecule has 5 aliphatic rings. The van der Waals surface area contributed by atoms with Crippen molar-refractivity contribution in [1.82, 2.24) is 15.0 Å². The first-order valence-corrected chi connectivity index (χ1v) is 20.3. The number of anilines is 1. The number of benzene rings is 2. The summed E-state index contributed by atoms with van der Waals surface area (Å²) in [5, 5.41) is 1.19. The molecule has 2 unspecified atom stereocenters. The van der Waals surface area contributed by atoms with Crippen LogP contribution < -0.4 is 25.8 Å². The van der Waals surface area contributed by atoms with Gasteiger partial charge in [-0.1, -0.05) is 35.7 Å². The number of halogens is 2. The molecule has 2 atom stereocenters. The van der Waals surface area contributed by atoms with Crippen molar-refractivity contribution in [2.24, 2.45) is 21.5 Å². The topological polar surface area (TPSA) is 146 Å². The normalized spacial score (nSPS) is 22.2. The predicted octanol–water partition coefficient (Wildman–Crippen LogP) is 7.25. The molecule has 5 aliphatic heterocycles. The standard InChI is InChI=1S/C23H21N5O2S.C14H9BrIN3OS/c24-22-27-23(14-31-22)18-10-15(16-2-1-5-25-12-16)3-4-20(18)30-21-19(23)11-17(13-26-21)28-6-8-29-9-7-28;15-7-3-10-12(18-5-7)20-11-2-1-8(16)4-9(11)14(10)6-21-13(17)19-14/h1-5,10-13H,6-9,14H2,(H2,24,27);1-5H,6H2,(H2,17,19). The molecule has 5 aromatic rings. The summed E-state index contributed by atoms with van der Waals surface area (Å²) in [6.07, 6.45) is 7.26. The molecule has 0 bridgehead atoms. The summed E-state index contributed by atoms with van der Waals surface area (Å²) in [7, 11) is 0. The van der Waals surface area contributed by atoms with Crippen LogP contribution in [0.15, 0.2) is 99.9 Å². The van der Waals surface area contributed by atoms with Gasteiger partial charge in [0, 0.05) is 79.0 Å². The molecule has 0 aliphatic carbocycles. The number of hydrogen-bond donors (Lipinski definition) is 2. The van der Waals surface area contributed by atoms with Crippen molar-refractivity contribution in [3.8, 4) is 34.4 Å². The first kappa shape index (κ1) is 33.9. The van der Waals surface area contributed by atoms with Crippen molar-refractivity contribution in [1.29, 1.82) is 0 Å². The van der Waals surface area contributed by atoms with E-state index >= 15 is 0 Å². The Morgan fingerprint density at radius 3 is 2.04 bits per heavy atom. The molecule has 15 heteroatoms. The summed E-state index contributed by atoms with van der Waals surface area (Å²) in [5.41, 5.74) is 18.2. The molecule has 52 heavy (non-hydrogen) atoms. The molecule has 4 N–H and O–H groups in total. The van der Waals surface area contributed by atoms with Crippen LogP contribution in [0.1, 0.15) is 22.3 Å². The second-order valence-corrected chi connectivity index (χ2v) is 16.8. The summed E-state index contributed by atoms with van der Waals surface area (Å²) >= 11 is 8.92. The number of amidine groups is 2. The van der Waals surface area contributed by atoms with Gasteiger partial charge in [0.25, 0.3) is 0 Å². The van der Waals surface area contributed by atoms with Crippen molar-refractivity contribution in [2.75, 3.05) is 42.7 Å². The largest absolute Gasteiger partial charge is 0.438 e. The number of aromatic nitrogens is 3. The highest BCUT2D eigenvalue weighted by Crippen LogP contribution is 2.54. The number of thioether (sulfide) groups is 2. The predicted molar refractivity (Wildman–Crippen MR) is 218 cm³/mol. The minimum Gasteiger partial charge on any atom is -0.438 e. The van der Waals surface area contributed by atoms with Crippen molar-refractivity contribution in [2.45, 2.75) is 11.1 Å². The highest BCUT2D eigenvalue weighted by atomic mass is 127. The van der Waals surface area contributed by atoms with E-state index in [1.54, 1.807) is 35.9 Å². The van der Waals surface area contributed by atoms with Crippen molar-refractivity contribution >= 4 is 78.1 Å². The summed E-state index contributed by atoms with van der Waals surface area (Å²) in [6, 6.07) is 20.5. The molecule has 3 aromatic heterocycles. The molecule has 0 saturated carbocycles. The first-order chi connectivity index (χ1) is 25.3. The first-order valence-electron chi connectivity index (χ1n) is 16.5. The summed E-state index contributed by atoms with van der Waals surface area (Å²) < 4.78 is 19.8. The average molecular weight is 906 g/mol. The van der Waals surface area contributed by atoms with Crippen LogP contribution in [-0.4, -0.2) is 63.1 Å². The Kier molecular flexibility index (Phi) is 8.80. The third kappa shape index (κ3) is 5.90. The fourth-order valence-electron chi connectivity index (χ4n) is 7.10. The summed E-state index contributed by atoms with van der Waals surface area (Å²) in [6.45, 7) is 3.13. The van der Waals surface area contributed by atoms with Crippen LogP contribution in [0.4, 0.5) is 5.69 Å². The van der Waals surface area contributed by atoms with Crippen LogP contribution in [0, 0.1) is 3.57 Å². The van der Waals surface area contributed by atoms with E-state index < -0.39 is 11.1 Å². The van der Waals surface area contributed by atoms with Crippen LogP contribution in [0.25, 0.3) is 11.1 Å². The van der Waals surface area contributed by atoms with Gasteiger partial charge in [0.2, 0.25) is 11.8 Å². The van der Waals surface area contributed by atoms with Gasteiger partial charge >= 0.3 is 0 Å². The zero-order valence-corrected chi connectivity index (χ0v) is 32.8. The Bertz CT molecular complexity index is 2240. The zero-order chi connectivity index (χ0) is 35.5. The molecule has 2 aromatic carbocycles. The second kappa shape index (κ2) is 13.5. The maximum atomic E-state index is 6.24. The van der Waals surface area contributed by atoms with Gasteiger partial charge in [-0.05, 0) is 92.6 Å². The lowest BCUT2D eigenvalue weighted by Crippen LogP contribution is -2.37. The van der Waals surface area contributed by atoms with Gasteiger partial charge in [0.1, 0.15) is 22.6 Å². The van der Waals surface area contributed by atoms with Crippen LogP contribution in [-0.2, 0) is 15.8 Å². The van der Waals surface area contributed by atoms with E-state index in [0.29, 0.717) is 27.8 Å². The van der Waals surface area contributed by atoms with E-state index in [9.17, 15) is 0 Å². The van der Waals surface area contributed by atoms with Gasteiger partial charge in [-0.3, -0.25) is 4.98 Å². The lowest BCUT2D eigenvalue weighted by molar-refractivity contribution is 0.122. The third-order valence-electron chi connectivity index (χ3n) is 9.60. The molecule has 11 nitrogen and oxygen atoms in total. The fraction of sp³-hybridized carbons (Fsp3) is 0.216. The van der Waals surface area contributed by atoms with Crippen LogP contribution in [0.3, 0.4) is 0 Å². The minimum absolute atomic E-state index is 0.504. The number of rotatable bonds is 2. The number of ether oxygens (including phenoxy) is 3. The zero-order valence-electron chi connectivity index (χ0n) is 27.5. The van der Waals surface area contributed by atoms with E-state index in [0.717, 1.165) is 90.7 Å². The van der Waals surface area contributed by atoms with Gasteiger partial charge in [0.15, 0.2) is 10.3 Å². The number of nitrogens with zero attached hydrogens (tertiary/aromatic N) is 6. The highest BCUT2D eigenvalue weighted by molar-refractivity contribution is 14.1. The molecule has 262 valence electrons. The van der Waals surface area contributed by atoms with Crippen LogP contribution in [0.5, 0.6) is 23.3 Å². The molecule has 1 saturated heterocycles. The smallest absolute Gasteiger partial charge is 0.225 e. The molecule has 0 radical (unpaired) electrons. The minimum atomic E-state index is -0.620. The van der Waals surface area contributed by atoms with Crippen LogP contribution >= 0.6 is 62.0 Å². The monoisotopic (exact) mass is 904 g/mol. The Labute approximate surface area is 330 Å². The van der Waals surface area contributed by atoms with Crippen LogP contribution in [0.2, 0.25) is 0 Å². The van der Waals surface area contributed by atoms with Gasteiger partial charge < -0.3 is 30.6 Å². The van der Waals surface area contributed by atoms with E-state index in [1.807, 2.05) is 48.8 Å². The molecule has 2 spiro atoms.